The van der Waals surface area contributed by atoms with E-state index in [-0.39, 0.29) is 29.1 Å². The van der Waals surface area contributed by atoms with Crippen LogP contribution in [0.1, 0.15) is 57.7 Å². The molecule has 7 nitrogen and oxygen atoms in total. The van der Waals surface area contributed by atoms with Crippen molar-refractivity contribution in [2.75, 3.05) is 6.61 Å². The van der Waals surface area contributed by atoms with Gasteiger partial charge in [0, 0.05) is 17.7 Å². The molecule has 3 saturated carbocycles. The van der Waals surface area contributed by atoms with Gasteiger partial charge in [-0.05, 0) is 78.9 Å². The Kier molecular flexibility index (Phi) is 5.18. The van der Waals surface area contributed by atoms with Gasteiger partial charge in [0.2, 0.25) is 5.95 Å². The number of hydrogen-bond donors (Lipinski definition) is 3. The topological polar surface area (TPSA) is 108 Å². The molecule has 8 heteroatoms. The molecule has 0 spiro atoms. The van der Waals surface area contributed by atoms with Crippen LogP contribution in [0.5, 0.6) is 0 Å². The molecule has 3 fully saturated rings. The number of aromatic nitrogens is 3. The number of fused-ring (bicyclic) bond motifs is 6. The second-order valence-corrected chi connectivity index (χ2v) is 12.1. The number of Topliss-reactive ketones (excluding diaryl/α,β-unsaturated/α-hetero) is 1. The Bertz CT molecular complexity index is 1280. The van der Waals surface area contributed by atoms with Gasteiger partial charge in [0.1, 0.15) is 12.2 Å². The largest absolute Gasteiger partial charge is 0.393 e. The molecule has 2 aromatic heterocycles. The van der Waals surface area contributed by atoms with Gasteiger partial charge >= 0.3 is 0 Å². The van der Waals surface area contributed by atoms with Crippen LogP contribution in [0.3, 0.4) is 0 Å². The van der Waals surface area contributed by atoms with E-state index in [0.717, 1.165) is 30.5 Å². The third-order valence-corrected chi connectivity index (χ3v) is 10.5. The van der Waals surface area contributed by atoms with Gasteiger partial charge in [0.15, 0.2) is 5.78 Å². The quantitative estimate of drug-likeness (QED) is 0.565. The number of nitrogens with zero attached hydrogens (tertiary/aromatic N) is 3. The van der Waals surface area contributed by atoms with E-state index in [0.29, 0.717) is 18.5 Å². The molecule has 6 rings (SSSR count). The number of aliphatic hydroxyl groups excluding tert-OH is 2. The van der Waals surface area contributed by atoms with Crippen LogP contribution in [-0.2, 0) is 11.2 Å². The SMILES string of the molecule is C[C@@H]1CC2C3CCC4=Cc5c(cnn5-c5ccnc(F)c5)C[C@]4(C)C3[C@@H](O)C[C@]2(C)[C@@]1(O)C(=O)CO. The predicted molar refractivity (Wildman–Crippen MR) is 130 cm³/mol. The lowest BCUT2D eigenvalue weighted by molar-refractivity contribution is -0.186. The van der Waals surface area contributed by atoms with Crippen LogP contribution in [0, 0.1) is 40.4 Å². The van der Waals surface area contributed by atoms with Gasteiger partial charge in [-0.2, -0.15) is 9.49 Å². The minimum atomic E-state index is -1.63. The number of allylic oxidation sites excluding steroid dienone is 1. The van der Waals surface area contributed by atoms with Crippen LogP contribution in [0.2, 0.25) is 0 Å². The fourth-order valence-electron chi connectivity index (χ4n) is 8.96. The fraction of sp³-hybridized carbons (Fsp3) is 0.607. The van der Waals surface area contributed by atoms with Crippen LogP contribution in [-0.4, -0.2) is 54.2 Å². The normalized spacial score (nSPS) is 41.1. The number of hydrogen-bond acceptors (Lipinski definition) is 6. The van der Waals surface area contributed by atoms with Crippen molar-refractivity contribution in [2.24, 2.45) is 34.5 Å². The first kappa shape index (κ1) is 23.9. The zero-order valence-electron chi connectivity index (χ0n) is 21.0. The van der Waals surface area contributed by atoms with Gasteiger partial charge in [-0.1, -0.05) is 26.3 Å². The van der Waals surface area contributed by atoms with Crippen molar-refractivity contribution < 1.29 is 24.5 Å². The van der Waals surface area contributed by atoms with Crippen molar-refractivity contribution in [3.63, 3.8) is 0 Å². The van der Waals surface area contributed by atoms with E-state index >= 15 is 0 Å². The average molecular weight is 496 g/mol. The molecule has 0 saturated heterocycles. The van der Waals surface area contributed by atoms with Crippen molar-refractivity contribution in [1.82, 2.24) is 14.8 Å². The molecule has 0 aromatic carbocycles. The molecule has 0 amide bonds. The third kappa shape index (κ3) is 2.92. The maximum absolute atomic E-state index is 13.8. The van der Waals surface area contributed by atoms with Crippen molar-refractivity contribution in [3.05, 3.63) is 47.3 Å². The number of pyridine rings is 1. The smallest absolute Gasteiger partial charge is 0.214 e. The summed E-state index contributed by atoms with van der Waals surface area (Å²) < 4.78 is 15.6. The van der Waals surface area contributed by atoms with Crippen LogP contribution < -0.4 is 0 Å². The van der Waals surface area contributed by atoms with Gasteiger partial charge in [0.25, 0.3) is 0 Å². The first-order valence-electron chi connectivity index (χ1n) is 13.0. The number of ketones is 1. The third-order valence-electron chi connectivity index (χ3n) is 10.5. The lowest BCUT2D eigenvalue weighted by Gasteiger charge is -2.60. The molecule has 3 unspecified atom stereocenters. The molecular formula is C28H34FN3O4. The Labute approximate surface area is 210 Å². The standard InChI is InChI=1S/C28H34FN3O4/c1-15-8-20-19-5-4-17-9-21-16(13-31-32(21)18-6-7-30-24(29)10-18)11-26(17,2)25(19)22(34)12-27(20,3)28(15,36)23(35)14-33/h6-7,9-10,13,15,19-20,22,25,33-34,36H,4-5,8,11-12,14H2,1-3H3/t15-,19?,20?,22+,25?,26+,27+,28+/m1/s1. The predicted octanol–water partition coefficient (Wildman–Crippen LogP) is 3.10. The van der Waals surface area contributed by atoms with Crippen LogP contribution in [0.4, 0.5) is 4.39 Å². The minimum Gasteiger partial charge on any atom is -0.393 e. The van der Waals surface area contributed by atoms with E-state index in [4.69, 9.17) is 0 Å². The van der Waals surface area contributed by atoms with Crippen molar-refractivity contribution in [3.8, 4) is 5.69 Å². The van der Waals surface area contributed by atoms with E-state index in [9.17, 15) is 24.5 Å². The molecule has 0 radical (unpaired) electrons. The van der Waals surface area contributed by atoms with E-state index in [1.807, 2.05) is 20.0 Å². The summed E-state index contributed by atoms with van der Waals surface area (Å²) in [6.07, 6.45) is 8.24. The van der Waals surface area contributed by atoms with Gasteiger partial charge < -0.3 is 15.3 Å². The Balaban J connectivity index is 1.38. The van der Waals surface area contributed by atoms with E-state index in [1.54, 1.807) is 10.7 Å². The van der Waals surface area contributed by atoms with E-state index in [2.05, 4.69) is 23.1 Å². The number of aliphatic hydroxyl groups is 3. The highest BCUT2D eigenvalue weighted by atomic mass is 19.1. The molecule has 36 heavy (non-hydrogen) atoms. The number of rotatable bonds is 3. The number of carbonyl (C=O) groups excluding carboxylic acids is 1. The van der Waals surface area contributed by atoms with E-state index < -0.39 is 35.5 Å². The molecule has 192 valence electrons. The van der Waals surface area contributed by atoms with Gasteiger partial charge in [-0.3, -0.25) is 4.79 Å². The molecule has 2 heterocycles. The Morgan fingerprint density at radius 3 is 2.83 bits per heavy atom. The Morgan fingerprint density at radius 1 is 1.33 bits per heavy atom. The lowest BCUT2D eigenvalue weighted by Crippen LogP contribution is -2.63. The fourth-order valence-corrected chi connectivity index (χ4v) is 8.96. The summed E-state index contributed by atoms with van der Waals surface area (Å²) in [4.78, 5) is 16.5. The summed E-state index contributed by atoms with van der Waals surface area (Å²) >= 11 is 0. The second kappa shape index (κ2) is 7.79. The summed E-state index contributed by atoms with van der Waals surface area (Å²) in [6, 6.07) is 3.11. The maximum atomic E-state index is 13.8. The molecule has 8 atom stereocenters. The summed E-state index contributed by atoms with van der Waals surface area (Å²) in [5.41, 5.74) is 1.21. The molecule has 4 aliphatic rings. The maximum Gasteiger partial charge on any atom is 0.214 e. The van der Waals surface area contributed by atoms with Crippen LogP contribution in [0.15, 0.2) is 30.1 Å². The van der Waals surface area contributed by atoms with Gasteiger partial charge in [0.05, 0.1) is 23.7 Å². The van der Waals surface area contributed by atoms with Gasteiger partial charge in [-0.25, -0.2) is 9.67 Å². The Hall–Kier alpha value is -2.42. The lowest BCUT2D eigenvalue weighted by atomic mass is 9.45. The monoisotopic (exact) mass is 495 g/mol. The zero-order chi connectivity index (χ0) is 25.6. The molecule has 0 aliphatic heterocycles. The minimum absolute atomic E-state index is 0.00998. The summed E-state index contributed by atoms with van der Waals surface area (Å²) in [6.45, 7) is 5.39. The van der Waals surface area contributed by atoms with Crippen LogP contribution >= 0.6 is 0 Å². The number of halogens is 1. The van der Waals surface area contributed by atoms with Crippen LogP contribution in [0.25, 0.3) is 11.8 Å². The molecule has 2 aromatic rings. The van der Waals surface area contributed by atoms with E-state index in [1.165, 1.54) is 17.8 Å². The second-order valence-electron chi connectivity index (χ2n) is 12.1. The highest BCUT2D eigenvalue weighted by Gasteiger charge is 2.70. The first-order valence-corrected chi connectivity index (χ1v) is 13.0. The molecule has 4 aliphatic carbocycles. The molecule has 3 N–H and O–H groups in total. The zero-order valence-corrected chi connectivity index (χ0v) is 21.0. The summed E-state index contributed by atoms with van der Waals surface area (Å²) in [7, 11) is 0. The van der Waals surface area contributed by atoms with Gasteiger partial charge in [-0.15, -0.1) is 0 Å². The van der Waals surface area contributed by atoms with Crippen molar-refractivity contribution in [2.45, 2.75) is 64.6 Å². The highest BCUT2D eigenvalue weighted by Crippen LogP contribution is 2.68. The highest BCUT2D eigenvalue weighted by molar-refractivity contribution is 5.90. The first-order chi connectivity index (χ1) is 17.0. The van der Waals surface area contributed by atoms with Crippen molar-refractivity contribution >= 4 is 11.9 Å². The summed E-state index contributed by atoms with van der Waals surface area (Å²) in [5, 5.41) is 37.6. The average Bonchev–Trinajstić information content (AvgIpc) is 3.33. The molecular weight excluding hydrogens is 461 g/mol. The summed E-state index contributed by atoms with van der Waals surface area (Å²) in [5.74, 6) is -1.12. The Morgan fingerprint density at radius 2 is 2.11 bits per heavy atom. The number of carbonyl (C=O) groups is 1. The molecule has 0 bridgehead atoms. The van der Waals surface area contributed by atoms with Crippen molar-refractivity contribution in [1.29, 1.82) is 0 Å².